The molecule has 0 aromatic carbocycles. The van der Waals surface area contributed by atoms with Crippen molar-refractivity contribution in [3.63, 3.8) is 0 Å². The van der Waals surface area contributed by atoms with Crippen molar-refractivity contribution in [1.82, 2.24) is 4.90 Å². The fourth-order valence-electron chi connectivity index (χ4n) is 0.748. The van der Waals surface area contributed by atoms with Gasteiger partial charge in [0.1, 0.15) is 6.04 Å². The van der Waals surface area contributed by atoms with Gasteiger partial charge < -0.3 is 10.6 Å². The molecule has 0 aromatic rings. The third kappa shape index (κ3) is 1.02. The zero-order valence-electron chi connectivity index (χ0n) is 5.45. The Hall–Kier alpha value is -1.27. The lowest BCUT2D eigenvalue weighted by Gasteiger charge is -2.32. The van der Waals surface area contributed by atoms with Crippen molar-refractivity contribution in [3.05, 3.63) is 12.3 Å². The number of carbonyl (C=O) groups excluding carboxylic acids is 1. The lowest BCUT2D eigenvalue weighted by atomic mass is 10.1. The van der Waals surface area contributed by atoms with Crippen LogP contribution in [0.5, 0.6) is 0 Å². The highest BCUT2D eigenvalue weighted by molar-refractivity contribution is 5.88. The zero-order chi connectivity index (χ0) is 7.56. The van der Waals surface area contributed by atoms with Gasteiger partial charge in [-0.15, -0.1) is 6.42 Å². The second kappa shape index (κ2) is 2.54. The summed E-state index contributed by atoms with van der Waals surface area (Å²) in [6, 6.07) is -0.317. The van der Waals surface area contributed by atoms with Crippen molar-refractivity contribution in [1.29, 1.82) is 0 Å². The van der Waals surface area contributed by atoms with Crippen LogP contribution in [0.15, 0.2) is 12.3 Å². The summed E-state index contributed by atoms with van der Waals surface area (Å²) in [7, 11) is 0. The summed E-state index contributed by atoms with van der Waals surface area (Å²) in [5, 5.41) is 0. The summed E-state index contributed by atoms with van der Waals surface area (Å²) < 4.78 is 0. The molecule has 1 saturated heterocycles. The maximum Gasteiger partial charge on any atom is 0.245 e. The Bertz CT molecular complexity index is 214. The molecule has 3 heteroatoms. The van der Waals surface area contributed by atoms with Gasteiger partial charge in [0.15, 0.2) is 0 Å². The van der Waals surface area contributed by atoms with Gasteiger partial charge in [-0.1, -0.05) is 5.92 Å². The molecule has 2 N–H and O–H groups in total. The molecular weight excluding hydrogens is 128 g/mol. The Morgan fingerprint density at radius 2 is 2.60 bits per heavy atom. The van der Waals surface area contributed by atoms with Crippen LogP contribution in [0.1, 0.15) is 0 Å². The molecule has 0 spiro atoms. The molecular formula is C7H8N2O. The first-order chi connectivity index (χ1) is 4.75. The number of likely N-dealkylation sites (tertiary alicyclic amines) is 1. The average Bonchev–Trinajstić information content (AvgIpc) is 1.97. The average molecular weight is 136 g/mol. The van der Waals surface area contributed by atoms with Crippen LogP contribution >= 0.6 is 0 Å². The van der Waals surface area contributed by atoms with Gasteiger partial charge in [0.2, 0.25) is 5.91 Å². The third-order valence-electron chi connectivity index (χ3n) is 1.34. The van der Waals surface area contributed by atoms with E-state index in [0.717, 1.165) is 0 Å². The highest BCUT2D eigenvalue weighted by Gasteiger charge is 2.31. The number of allylic oxidation sites excluding steroid dienone is 1. The number of terminal acetylenes is 1. The summed E-state index contributed by atoms with van der Waals surface area (Å²) in [4.78, 5) is 12.2. The van der Waals surface area contributed by atoms with Crippen LogP contribution in [-0.2, 0) is 4.79 Å². The van der Waals surface area contributed by atoms with E-state index in [9.17, 15) is 4.79 Å². The van der Waals surface area contributed by atoms with Gasteiger partial charge in [0, 0.05) is 18.8 Å². The van der Waals surface area contributed by atoms with E-state index in [2.05, 4.69) is 5.92 Å². The lowest BCUT2D eigenvalue weighted by Crippen LogP contribution is -2.58. The number of amides is 1. The van der Waals surface area contributed by atoms with Gasteiger partial charge in [0.25, 0.3) is 0 Å². The number of rotatable bonds is 1. The van der Waals surface area contributed by atoms with Gasteiger partial charge in [-0.25, -0.2) is 0 Å². The van der Waals surface area contributed by atoms with Gasteiger partial charge in [-0.2, -0.15) is 0 Å². The summed E-state index contributed by atoms with van der Waals surface area (Å²) in [5.41, 5.74) is 5.31. The van der Waals surface area contributed by atoms with Crippen molar-refractivity contribution in [2.75, 3.05) is 6.54 Å². The van der Waals surface area contributed by atoms with Crippen LogP contribution in [0.2, 0.25) is 0 Å². The molecule has 10 heavy (non-hydrogen) atoms. The molecule has 52 valence electrons. The van der Waals surface area contributed by atoms with Crippen LogP contribution in [0.4, 0.5) is 0 Å². The topological polar surface area (TPSA) is 46.3 Å². The Morgan fingerprint density at radius 1 is 1.90 bits per heavy atom. The van der Waals surface area contributed by atoms with Crippen LogP contribution in [-0.4, -0.2) is 23.4 Å². The van der Waals surface area contributed by atoms with Crippen molar-refractivity contribution in [3.8, 4) is 12.3 Å². The molecule has 1 amide bonds. The first-order valence-electron chi connectivity index (χ1n) is 2.94. The predicted octanol–water partition coefficient (Wildman–Crippen LogP) is -0.697. The minimum absolute atomic E-state index is 0.0634. The van der Waals surface area contributed by atoms with E-state index in [1.165, 1.54) is 11.0 Å². The van der Waals surface area contributed by atoms with Crippen molar-refractivity contribution in [2.45, 2.75) is 6.04 Å². The summed E-state index contributed by atoms with van der Waals surface area (Å²) in [5.74, 6) is 2.22. The SMILES string of the molecule is C#C/C=C/N1CC(N)C1=O. The molecule has 1 aliphatic rings. The molecule has 1 fully saturated rings. The van der Waals surface area contributed by atoms with Crippen molar-refractivity contribution < 1.29 is 4.79 Å². The standard InChI is InChI=1S/C7H8N2O/c1-2-3-4-9-5-6(8)7(9)10/h1,3-4,6H,5,8H2/b4-3+. The second-order valence-electron chi connectivity index (χ2n) is 2.08. The maximum atomic E-state index is 10.7. The predicted molar refractivity (Wildman–Crippen MR) is 37.7 cm³/mol. The fraction of sp³-hybridized carbons (Fsp3) is 0.286. The summed E-state index contributed by atoms with van der Waals surface area (Å²) in [6.45, 7) is 0.580. The number of hydrogen-bond acceptors (Lipinski definition) is 2. The third-order valence-corrected chi connectivity index (χ3v) is 1.34. The molecule has 1 rings (SSSR count). The molecule has 0 radical (unpaired) electrons. The van der Waals surface area contributed by atoms with Gasteiger partial charge >= 0.3 is 0 Å². The summed E-state index contributed by atoms with van der Waals surface area (Å²) >= 11 is 0. The highest BCUT2D eigenvalue weighted by atomic mass is 16.2. The van der Waals surface area contributed by atoms with E-state index < -0.39 is 0 Å². The van der Waals surface area contributed by atoms with Gasteiger partial charge in [-0.05, 0) is 0 Å². The molecule has 3 nitrogen and oxygen atoms in total. The van der Waals surface area contributed by atoms with Crippen LogP contribution in [0.25, 0.3) is 0 Å². The maximum absolute atomic E-state index is 10.7. The van der Waals surface area contributed by atoms with Crippen LogP contribution < -0.4 is 5.73 Å². The van der Waals surface area contributed by atoms with Crippen molar-refractivity contribution >= 4 is 5.91 Å². The molecule has 0 saturated carbocycles. The number of β-lactam (4-membered cyclic amide) rings is 1. The highest BCUT2D eigenvalue weighted by Crippen LogP contribution is 2.06. The van der Waals surface area contributed by atoms with Gasteiger partial charge in [-0.3, -0.25) is 4.79 Å². The van der Waals surface area contributed by atoms with E-state index in [4.69, 9.17) is 12.2 Å². The van der Waals surface area contributed by atoms with E-state index in [1.54, 1.807) is 6.20 Å². The number of carbonyl (C=O) groups is 1. The summed E-state index contributed by atoms with van der Waals surface area (Å²) in [6.07, 6.45) is 7.97. The van der Waals surface area contributed by atoms with Crippen LogP contribution in [0.3, 0.4) is 0 Å². The van der Waals surface area contributed by atoms with E-state index in [0.29, 0.717) is 6.54 Å². The first-order valence-corrected chi connectivity index (χ1v) is 2.94. The van der Waals surface area contributed by atoms with Crippen molar-refractivity contribution in [2.24, 2.45) is 5.73 Å². The Labute approximate surface area is 59.5 Å². The molecule has 1 unspecified atom stereocenters. The Morgan fingerprint density at radius 3 is 3.00 bits per heavy atom. The number of nitrogens with zero attached hydrogens (tertiary/aromatic N) is 1. The monoisotopic (exact) mass is 136 g/mol. The van der Waals surface area contributed by atoms with Gasteiger partial charge in [0.05, 0.1) is 0 Å². The number of nitrogens with two attached hydrogens (primary N) is 1. The molecule has 1 atom stereocenters. The second-order valence-corrected chi connectivity index (χ2v) is 2.08. The molecule has 1 heterocycles. The van der Waals surface area contributed by atoms with E-state index in [1.807, 2.05) is 0 Å². The largest absolute Gasteiger partial charge is 0.318 e. The fourth-order valence-corrected chi connectivity index (χ4v) is 0.748. The minimum atomic E-state index is -0.317. The Kier molecular flexibility index (Phi) is 1.74. The zero-order valence-corrected chi connectivity index (χ0v) is 5.45. The van der Waals surface area contributed by atoms with Crippen LogP contribution in [0, 0.1) is 12.3 Å². The molecule has 0 aliphatic carbocycles. The molecule has 1 aliphatic heterocycles. The Balaban J connectivity index is 2.43. The van der Waals surface area contributed by atoms with E-state index >= 15 is 0 Å². The normalized spacial score (nSPS) is 24.6. The smallest absolute Gasteiger partial charge is 0.245 e. The first kappa shape index (κ1) is 6.84. The lowest BCUT2D eigenvalue weighted by molar-refractivity contribution is -0.138. The minimum Gasteiger partial charge on any atom is -0.318 e. The molecule has 0 bridgehead atoms. The number of hydrogen-bond donors (Lipinski definition) is 1. The molecule has 0 aromatic heterocycles. The quantitative estimate of drug-likeness (QED) is 0.383. The van der Waals surface area contributed by atoms with E-state index in [-0.39, 0.29) is 11.9 Å².